The summed E-state index contributed by atoms with van der Waals surface area (Å²) in [5.41, 5.74) is 6.10. The molecule has 0 heterocycles. The van der Waals surface area contributed by atoms with Gasteiger partial charge in [-0.25, -0.2) is 0 Å². The number of benzene rings is 1. The number of rotatable bonds is 9. The molecule has 0 aliphatic heterocycles. The predicted octanol–water partition coefficient (Wildman–Crippen LogP) is 3.42. The van der Waals surface area contributed by atoms with Crippen molar-refractivity contribution in [1.29, 1.82) is 0 Å². The zero-order chi connectivity index (χ0) is 15.0. The Balaban J connectivity index is 2.52. The van der Waals surface area contributed by atoms with E-state index in [-0.39, 0.29) is 17.4 Å². The van der Waals surface area contributed by atoms with Crippen molar-refractivity contribution in [3.8, 4) is 11.5 Å². The third-order valence-electron chi connectivity index (χ3n) is 3.59. The molecule has 112 valence electrons. The second-order valence-corrected chi connectivity index (χ2v) is 5.26. The number of aromatic hydroxyl groups is 2. The minimum atomic E-state index is -0.396. The minimum absolute atomic E-state index is 0.184. The highest BCUT2D eigenvalue weighted by Gasteiger charge is 2.18. The molecular formula is C16H25NO3. The molecule has 0 aliphatic carbocycles. The lowest BCUT2D eigenvalue weighted by Gasteiger charge is -2.14. The number of nitrogens with two attached hydrogens (primary N) is 1. The Kier molecular flexibility index (Phi) is 6.91. The van der Waals surface area contributed by atoms with Gasteiger partial charge in [0.25, 0.3) is 0 Å². The maximum atomic E-state index is 11.5. The quantitative estimate of drug-likeness (QED) is 0.478. The van der Waals surface area contributed by atoms with Crippen molar-refractivity contribution in [2.75, 3.05) is 0 Å². The van der Waals surface area contributed by atoms with Crippen LogP contribution in [0.3, 0.4) is 0 Å². The van der Waals surface area contributed by atoms with Gasteiger partial charge in [0.15, 0.2) is 11.5 Å². The molecule has 1 amide bonds. The maximum Gasteiger partial charge on any atom is 0.224 e. The second-order valence-electron chi connectivity index (χ2n) is 5.26. The van der Waals surface area contributed by atoms with E-state index in [2.05, 4.69) is 6.92 Å². The summed E-state index contributed by atoms with van der Waals surface area (Å²) in [6.07, 6.45) is 7.61. The molecule has 20 heavy (non-hydrogen) atoms. The monoisotopic (exact) mass is 279 g/mol. The van der Waals surface area contributed by atoms with Crippen molar-refractivity contribution in [1.82, 2.24) is 0 Å². The summed E-state index contributed by atoms with van der Waals surface area (Å²) in [5.74, 6) is -1.18. The third-order valence-corrected chi connectivity index (χ3v) is 3.59. The van der Waals surface area contributed by atoms with E-state index in [1.807, 2.05) is 0 Å². The van der Waals surface area contributed by atoms with E-state index < -0.39 is 5.92 Å². The van der Waals surface area contributed by atoms with E-state index in [0.29, 0.717) is 12.0 Å². The van der Waals surface area contributed by atoms with Crippen molar-refractivity contribution in [3.05, 3.63) is 23.8 Å². The van der Waals surface area contributed by atoms with Crippen molar-refractivity contribution in [2.45, 2.75) is 57.8 Å². The number of amides is 1. The molecule has 4 heteroatoms. The van der Waals surface area contributed by atoms with Gasteiger partial charge in [0.2, 0.25) is 5.91 Å². The Labute approximate surface area is 120 Å². The van der Waals surface area contributed by atoms with E-state index in [9.17, 15) is 15.0 Å². The third kappa shape index (κ3) is 5.11. The standard InChI is InChI=1S/C16H25NO3/c1-2-3-4-5-6-7-8-13(16(17)20)12-9-10-14(18)15(19)11-12/h9-11,13,18-19H,2-8H2,1H3,(H2,17,20). The molecule has 1 unspecified atom stereocenters. The summed E-state index contributed by atoms with van der Waals surface area (Å²) in [6, 6.07) is 4.45. The van der Waals surface area contributed by atoms with E-state index in [0.717, 1.165) is 12.8 Å². The number of carbonyl (C=O) groups excluding carboxylic acids is 1. The van der Waals surface area contributed by atoms with Crippen molar-refractivity contribution >= 4 is 5.91 Å². The van der Waals surface area contributed by atoms with Crippen LogP contribution in [0.4, 0.5) is 0 Å². The summed E-state index contributed by atoms with van der Waals surface area (Å²) in [5, 5.41) is 18.8. The van der Waals surface area contributed by atoms with Gasteiger partial charge in [-0.05, 0) is 24.1 Å². The van der Waals surface area contributed by atoms with Gasteiger partial charge in [-0.3, -0.25) is 4.79 Å². The number of primary amides is 1. The lowest BCUT2D eigenvalue weighted by Crippen LogP contribution is -2.21. The lowest BCUT2D eigenvalue weighted by atomic mass is 9.92. The Hall–Kier alpha value is -1.71. The topological polar surface area (TPSA) is 83.6 Å². The van der Waals surface area contributed by atoms with E-state index >= 15 is 0 Å². The normalized spacial score (nSPS) is 12.2. The summed E-state index contributed by atoms with van der Waals surface area (Å²) < 4.78 is 0. The molecule has 1 aromatic carbocycles. The van der Waals surface area contributed by atoms with Crippen LogP contribution in [0.5, 0.6) is 11.5 Å². The Morgan fingerprint density at radius 2 is 1.75 bits per heavy atom. The zero-order valence-electron chi connectivity index (χ0n) is 12.1. The van der Waals surface area contributed by atoms with Crippen LogP contribution in [0.2, 0.25) is 0 Å². The van der Waals surface area contributed by atoms with Gasteiger partial charge in [0, 0.05) is 0 Å². The number of unbranched alkanes of at least 4 members (excludes halogenated alkanes) is 5. The SMILES string of the molecule is CCCCCCCCC(C(N)=O)c1ccc(O)c(O)c1. The fraction of sp³-hybridized carbons (Fsp3) is 0.562. The first-order valence-corrected chi connectivity index (χ1v) is 7.37. The van der Waals surface area contributed by atoms with Crippen LogP contribution in [-0.2, 0) is 4.79 Å². The van der Waals surface area contributed by atoms with Crippen molar-refractivity contribution < 1.29 is 15.0 Å². The molecule has 0 bridgehead atoms. The lowest BCUT2D eigenvalue weighted by molar-refractivity contribution is -0.119. The molecule has 1 atom stereocenters. The second kappa shape index (κ2) is 8.46. The van der Waals surface area contributed by atoms with Crippen LogP contribution in [0.15, 0.2) is 18.2 Å². The maximum absolute atomic E-state index is 11.5. The largest absolute Gasteiger partial charge is 0.504 e. The fourth-order valence-corrected chi connectivity index (χ4v) is 2.36. The van der Waals surface area contributed by atoms with E-state index in [1.54, 1.807) is 6.07 Å². The number of carbonyl (C=O) groups is 1. The molecule has 4 N–H and O–H groups in total. The molecule has 1 aromatic rings. The summed E-state index contributed by atoms with van der Waals surface area (Å²) in [6.45, 7) is 2.18. The van der Waals surface area contributed by atoms with Gasteiger partial charge >= 0.3 is 0 Å². The number of phenols is 2. The average Bonchev–Trinajstić information content (AvgIpc) is 2.41. The van der Waals surface area contributed by atoms with Crippen LogP contribution < -0.4 is 5.73 Å². The molecule has 0 fully saturated rings. The smallest absolute Gasteiger partial charge is 0.224 e. The van der Waals surface area contributed by atoms with Crippen LogP contribution in [0.1, 0.15) is 63.4 Å². The first-order chi connectivity index (χ1) is 9.56. The summed E-state index contributed by atoms with van der Waals surface area (Å²) in [7, 11) is 0. The molecule has 0 aromatic heterocycles. The Morgan fingerprint density at radius 3 is 2.35 bits per heavy atom. The molecule has 1 rings (SSSR count). The fourth-order valence-electron chi connectivity index (χ4n) is 2.36. The van der Waals surface area contributed by atoms with Crippen LogP contribution in [0, 0.1) is 0 Å². The Bertz CT molecular complexity index is 432. The van der Waals surface area contributed by atoms with Crippen molar-refractivity contribution in [2.24, 2.45) is 5.73 Å². The molecule has 0 spiro atoms. The number of hydrogen-bond donors (Lipinski definition) is 3. The zero-order valence-corrected chi connectivity index (χ0v) is 12.1. The highest BCUT2D eigenvalue weighted by Crippen LogP contribution is 2.30. The number of hydrogen-bond acceptors (Lipinski definition) is 3. The highest BCUT2D eigenvalue weighted by molar-refractivity contribution is 5.82. The van der Waals surface area contributed by atoms with Gasteiger partial charge in [0.05, 0.1) is 5.92 Å². The van der Waals surface area contributed by atoms with Gasteiger partial charge < -0.3 is 15.9 Å². The van der Waals surface area contributed by atoms with E-state index in [1.165, 1.54) is 37.8 Å². The summed E-state index contributed by atoms with van der Waals surface area (Å²) in [4.78, 5) is 11.5. The van der Waals surface area contributed by atoms with Gasteiger partial charge in [0.1, 0.15) is 0 Å². The van der Waals surface area contributed by atoms with Crippen LogP contribution in [0.25, 0.3) is 0 Å². The minimum Gasteiger partial charge on any atom is -0.504 e. The van der Waals surface area contributed by atoms with Gasteiger partial charge in [-0.2, -0.15) is 0 Å². The van der Waals surface area contributed by atoms with Crippen LogP contribution >= 0.6 is 0 Å². The molecule has 4 nitrogen and oxygen atoms in total. The van der Waals surface area contributed by atoms with Crippen molar-refractivity contribution in [3.63, 3.8) is 0 Å². The first kappa shape index (κ1) is 16.3. The number of phenolic OH excluding ortho intramolecular Hbond substituents is 2. The predicted molar refractivity (Wildman–Crippen MR) is 79.7 cm³/mol. The highest BCUT2D eigenvalue weighted by atomic mass is 16.3. The molecule has 0 saturated heterocycles. The molecule has 0 saturated carbocycles. The average molecular weight is 279 g/mol. The van der Waals surface area contributed by atoms with E-state index in [4.69, 9.17) is 5.73 Å². The first-order valence-electron chi connectivity index (χ1n) is 7.37. The Morgan fingerprint density at radius 1 is 1.10 bits per heavy atom. The molecule has 0 aliphatic rings. The van der Waals surface area contributed by atoms with Gasteiger partial charge in [-0.1, -0.05) is 51.5 Å². The molecule has 0 radical (unpaired) electrons. The molecular weight excluding hydrogens is 254 g/mol. The van der Waals surface area contributed by atoms with Gasteiger partial charge in [-0.15, -0.1) is 0 Å². The van der Waals surface area contributed by atoms with Crippen LogP contribution in [-0.4, -0.2) is 16.1 Å². The summed E-state index contributed by atoms with van der Waals surface area (Å²) >= 11 is 0.